The molecule has 0 spiro atoms. The number of carbonyl (C=O) groups is 1. The van der Waals surface area contributed by atoms with Gasteiger partial charge in [0.05, 0.1) is 23.2 Å². The van der Waals surface area contributed by atoms with E-state index in [0.29, 0.717) is 17.9 Å². The minimum absolute atomic E-state index is 0.0388. The summed E-state index contributed by atoms with van der Waals surface area (Å²) >= 11 is 6.26. The molecule has 0 radical (unpaired) electrons. The summed E-state index contributed by atoms with van der Waals surface area (Å²) in [6.45, 7) is 1.45. The molecule has 4 rings (SSSR count). The van der Waals surface area contributed by atoms with E-state index in [1.165, 1.54) is 0 Å². The summed E-state index contributed by atoms with van der Waals surface area (Å²) in [4.78, 5) is 18.5. The molecule has 1 N–H and O–H groups in total. The number of nitrogens with zero attached hydrogens (tertiary/aromatic N) is 2. The highest BCUT2D eigenvalue weighted by Gasteiger charge is 2.31. The number of piperidine rings is 1. The lowest BCUT2D eigenvalue weighted by atomic mass is 9.93. The van der Waals surface area contributed by atoms with Gasteiger partial charge in [0, 0.05) is 10.4 Å². The summed E-state index contributed by atoms with van der Waals surface area (Å²) < 4.78 is 0. The number of halogens is 1. The van der Waals surface area contributed by atoms with Crippen molar-refractivity contribution in [3.63, 3.8) is 0 Å². The monoisotopic (exact) mass is 380 g/mol. The molecule has 2 aromatic carbocycles. The molecule has 1 aliphatic heterocycles. The predicted octanol–water partition coefficient (Wildman–Crippen LogP) is 4.77. The highest BCUT2D eigenvalue weighted by Crippen LogP contribution is 2.33. The van der Waals surface area contributed by atoms with E-state index < -0.39 is 5.97 Å². The Hall–Kier alpha value is -2.43. The Morgan fingerprint density at radius 1 is 1.07 bits per heavy atom. The number of carboxylic acids is 1. The molecular weight excluding hydrogens is 360 g/mol. The molecule has 27 heavy (non-hydrogen) atoms. The number of likely N-dealkylation sites (tertiary alicyclic amines) is 1. The standard InChI is InChI=1S/C22H21ClN2O2/c23-18-6-3-5-17(14-18)21(25-12-10-16(11-13-25)22(26)27)20-9-8-15-4-1-2-7-19(15)24-20/h1-9,14,16,21H,10-13H2,(H,26,27). The van der Waals surface area contributed by atoms with Gasteiger partial charge in [0.1, 0.15) is 0 Å². The van der Waals surface area contributed by atoms with Crippen molar-refractivity contribution in [2.24, 2.45) is 5.92 Å². The molecule has 1 saturated heterocycles. The van der Waals surface area contributed by atoms with E-state index in [2.05, 4.69) is 29.2 Å². The fourth-order valence-corrected chi connectivity index (χ4v) is 4.08. The quantitative estimate of drug-likeness (QED) is 0.708. The first-order valence-corrected chi connectivity index (χ1v) is 9.57. The number of benzene rings is 2. The minimum atomic E-state index is -0.696. The van der Waals surface area contributed by atoms with Crippen LogP contribution in [0.4, 0.5) is 0 Å². The molecule has 2 heterocycles. The van der Waals surface area contributed by atoms with Gasteiger partial charge in [0.25, 0.3) is 0 Å². The SMILES string of the molecule is O=C(O)C1CCN(C(c2cccc(Cl)c2)c2ccc3ccccc3n2)CC1. The number of aliphatic carboxylic acids is 1. The normalized spacial score (nSPS) is 17.1. The third-order valence-electron chi connectivity index (χ3n) is 5.31. The Morgan fingerprint density at radius 3 is 2.59 bits per heavy atom. The summed E-state index contributed by atoms with van der Waals surface area (Å²) in [5, 5.41) is 11.1. The molecule has 138 valence electrons. The average molecular weight is 381 g/mol. The van der Waals surface area contributed by atoms with Gasteiger partial charge in [-0.05, 0) is 55.8 Å². The lowest BCUT2D eigenvalue weighted by Crippen LogP contribution is -2.39. The maximum absolute atomic E-state index is 11.3. The Kier molecular flexibility index (Phi) is 5.10. The van der Waals surface area contributed by atoms with Crippen LogP contribution >= 0.6 is 11.6 Å². The van der Waals surface area contributed by atoms with Gasteiger partial charge in [-0.1, -0.05) is 48.0 Å². The van der Waals surface area contributed by atoms with Crippen LogP contribution in [-0.4, -0.2) is 34.0 Å². The Bertz CT molecular complexity index is 967. The highest BCUT2D eigenvalue weighted by molar-refractivity contribution is 6.30. The fourth-order valence-electron chi connectivity index (χ4n) is 3.88. The molecule has 0 amide bonds. The van der Waals surface area contributed by atoms with Gasteiger partial charge in [-0.2, -0.15) is 0 Å². The van der Waals surface area contributed by atoms with E-state index in [0.717, 1.165) is 35.2 Å². The second-order valence-corrected chi connectivity index (χ2v) is 7.47. The van der Waals surface area contributed by atoms with E-state index in [1.54, 1.807) is 0 Å². The zero-order valence-electron chi connectivity index (χ0n) is 14.9. The summed E-state index contributed by atoms with van der Waals surface area (Å²) in [5.74, 6) is -0.955. The van der Waals surface area contributed by atoms with Crippen LogP contribution in [0.2, 0.25) is 5.02 Å². The van der Waals surface area contributed by atoms with Crippen molar-refractivity contribution < 1.29 is 9.90 Å². The van der Waals surface area contributed by atoms with Crippen LogP contribution in [0, 0.1) is 5.92 Å². The summed E-state index contributed by atoms with van der Waals surface area (Å²) in [6, 6.07) is 20.1. The van der Waals surface area contributed by atoms with Gasteiger partial charge < -0.3 is 5.11 Å². The van der Waals surface area contributed by atoms with Gasteiger partial charge in [-0.15, -0.1) is 0 Å². The van der Waals surface area contributed by atoms with Crippen LogP contribution < -0.4 is 0 Å². The van der Waals surface area contributed by atoms with E-state index in [1.807, 2.05) is 36.4 Å². The van der Waals surface area contributed by atoms with Crippen molar-refractivity contribution in [1.82, 2.24) is 9.88 Å². The van der Waals surface area contributed by atoms with E-state index in [9.17, 15) is 9.90 Å². The second kappa shape index (κ2) is 7.67. The van der Waals surface area contributed by atoms with Crippen molar-refractivity contribution in [1.29, 1.82) is 0 Å². The third-order valence-corrected chi connectivity index (χ3v) is 5.54. The third kappa shape index (κ3) is 3.82. The van der Waals surface area contributed by atoms with Crippen LogP contribution in [0.25, 0.3) is 10.9 Å². The molecule has 4 nitrogen and oxygen atoms in total. The van der Waals surface area contributed by atoms with Gasteiger partial charge >= 0.3 is 5.97 Å². The van der Waals surface area contributed by atoms with Gasteiger partial charge in [-0.3, -0.25) is 14.7 Å². The molecule has 1 unspecified atom stereocenters. The number of hydrogen-bond donors (Lipinski definition) is 1. The van der Waals surface area contributed by atoms with Crippen molar-refractivity contribution >= 4 is 28.5 Å². The largest absolute Gasteiger partial charge is 0.481 e. The van der Waals surface area contributed by atoms with E-state index in [-0.39, 0.29) is 12.0 Å². The Balaban J connectivity index is 1.72. The molecule has 1 aliphatic rings. The van der Waals surface area contributed by atoms with Crippen molar-refractivity contribution in [2.45, 2.75) is 18.9 Å². The molecule has 1 atom stereocenters. The molecule has 0 saturated carbocycles. The van der Waals surface area contributed by atoms with Crippen LogP contribution in [0.15, 0.2) is 60.7 Å². The maximum atomic E-state index is 11.3. The topological polar surface area (TPSA) is 53.4 Å². The number of aromatic nitrogens is 1. The molecule has 0 aliphatic carbocycles. The van der Waals surface area contributed by atoms with Crippen molar-refractivity contribution in [3.8, 4) is 0 Å². The van der Waals surface area contributed by atoms with Gasteiger partial charge in [0.2, 0.25) is 0 Å². The highest BCUT2D eigenvalue weighted by atomic mass is 35.5. The predicted molar refractivity (Wildman–Crippen MR) is 107 cm³/mol. The van der Waals surface area contributed by atoms with Gasteiger partial charge in [-0.25, -0.2) is 0 Å². The number of rotatable bonds is 4. The number of fused-ring (bicyclic) bond motifs is 1. The van der Waals surface area contributed by atoms with Gasteiger partial charge in [0.15, 0.2) is 0 Å². The van der Waals surface area contributed by atoms with Crippen molar-refractivity contribution in [2.75, 3.05) is 13.1 Å². The minimum Gasteiger partial charge on any atom is -0.481 e. The van der Waals surface area contributed by atoms with E-state index in [4.69, 9.17) is 16.6 Å². The summed E-state index contributed by atoms with van der Waals surface area (Å²) in [5.41, 5.74) is 3.01. The average Bonchev–Trinajstić information content (AvgIpc) is 2.68. The molecule has 1 aromatic heterocycles. The first-order valence-electron chi connectivity index (χ1n) is 9.20. The van der Waals surface area contributed by atoms with Crippen molar-refractivity contribution in [3.05, 3.63) is 76.9 Å². The Labute approximate surface area is 163 Å². The molecule has 0 bridgehead atoms. The lowest BCUT2D eigenvalue weighted by Gasteiger charge is -2.36. The first kappa shape index (κ1) is 18.0. The second-order valence-electron chi connectivity index (χ2n) is 7.03. The first-order chi connectivity index (χ1) is 13.1. The smallest absolute Gasteiger partial charge is 0.306 e. The number of carboxylic acid groups (broad SMARTS) is 1. The fraction of sp³-hybridized carbons (Fsp3) is 0.273. The summed E-state index contributed by atoms with van der Waals surface area (Å²) in [6.07, 6.45) is 1.31. The lowest BCUT2D eigenvalue weighted by molar-refractivity contribution is -0.143. The molecule has 3 aromatic rings. The zero-order valence-corrected chi connectivity index (χ0v) is 15.6. The number of pyridine rings is 1. The van der Waals surface area contributed by atoms with Crippen LogP contribution in [0.3, 0.4) is 0 Å². The van der Waals surface area contributed by atoms with Crippen LogP contribution in [0.1, 0.15) is 30.1 Å². The van der Waals surface area contributed by atoms with E-state index >= 15 is 0 Å². The summed E-state index contributed by atoms with van der Waals surface area (Å²) in [7, 11) is 0. The maximum Gasteiger partial charge on any atom is 0.306 e. The number of hydrogen-bond acceptors (Lipinski definition) is 3. The molecule has 1 fully saturated rings. The number of para-hydroxylation sites is 1. The Morgan fingerprint density at radius 2 is 1.85 bits per heavy atom. The molecule has 5 heteroatoms. The van der Waals surface area contributed by atoms with Crippen LogP contribution in [-0.2, 0) is 4.79 Å². The molecular formula is C22H21ClN2O2. The zero-order chi connectivity index (χ0) is 18.8. The van der Waals surface area contributed by atoms with Crippen LogP contribution in [0.5, 0.6) is 0 Å².